The smallest absolute Gasteiger partial charge is 0.239 e. The van der Waals surface area contributed by atoms with Gasteiger partial charge in [-0.05, 0) is 53.4 Å². The lowest BCUT2D eigenvalue weighted by atomic mass is 10.2. The fraction of sp³-hybridized carbons (Fsp3) is 0.333. The van der Waals surface area contributed by atoms with Crippen molar-refractivity contribution in [2.75, 3.05) is 13.1 Å². The van der Waals surface area contributed by atoms with E-state index in [9.17, 15) is 14.0 Å². The fourth-order valence-corrected chi connectivity index (χ4v) is 2.96. The molecule has 6 heteroatoms. The van der Waals surface area contributed by atoms with Crippen LogP contribution in [0.4, 0.5) is 4.39 Å². The predicted octanol–water partition coefficient (Wildman–Crippen LogP) is 2.98. The van der Waals surface area contributed by atoms with E-state index in [1.165, 1.54) is 12.1 Å². The van der Waals surface area contributed by atoms with Crippen molar-refractivity contribution in [3.8, 4) is 0 Å². The molecule has 0 aliphatic heterocycles. The zero-order chi connectivity index (χ0) is 17.4. The maximum Gasteiger partial charge on any atom is 0.239 e. The molecule has 2 rings (SSSR count). The Morgan fingerprint density at radius 3 is 2.54 bits per heavy atom. The largest absolute Gasteiger partial charge is 0.350 e. The van der Waals surface area contributed by atoms with Gasteiger partial charge in [0.15, 0.2) is 0 Å². The van der Waals surface area contributed by atoms with Crippen LogP contribution in [0.3, 0.4) is 0 Å². The number of carbonyl (C=O) groups excluding carboxylic acids is 2. The number of carbonyl (C=O) groups is 2. The van der Waals surface area contributed by atoms with Gasteiger partial charge >= 0.3 is 0 Å². The Bertz CT molecular complexity index is 656. The van der Waals surface area contributed by atoms with Crippen molar-refractivity contribution in [3.05, 3.63) is 58.0 Å². The summed E-state index contributed by atoms with van der Waals surface area (Å²) >= 11 is 1.61. The first-order valence-electron chi connectivity index (χ1n) is 7.88. The molecular weight excluding hydrogens is 327 g/mol. The number of rotatable bonds is 8. The molecule has 128 valence electrons. The molecule has 0 aliphatic carbocycles. The van der Waals surface area contributed by atoms with Gasteiger partial charge in [-0.25, -0.2) is 4.39 Å². The van der Waals surface area contributed by atoms with Crippen LogP contribution in [0.5, 0.6) is 0 Å². The first-order valence-corrected chi connectivity index (χ1v) is 8.82. The molecule has 0 bridgehead atoms. The average molecular weight is 348 g/mol. The summed E-state index contributed by atoms with van der Waals surface area (Å²) in [5, 5.41) is 6.77. The van der Waals surface area contributed by atoms with Crippen molar-refractivity contribution >= 4 is 23.2 Å². The third-order valence-corrected chi connectivity index (χ3v) is 4.41. The molecule has 4 nitrogen and oxygen atoms in total. The van der Waals surface area contributed by atoms with E-state index in [1.807, 2.05) is 23.8 Å². The second-order valence-corrected chi connectivity index (χ2v) is 6.22. The van der Waals surface area contributed by atoms with Gasteiger partial charge in [0.25, 0.3) is 0 Å². The van der Waals surface area contributed by atoms with Gasteiger partial charge in [-0.3, -0.25) is 9.59 Å². The molecule has 24 heavy (non-hydrogen) atoms. The Morgan fingerprint density at radius 1 is 1.17 bits per heavy atom. The third kappa shape index (κ3) is 5.77. The Balaban J connectivity index is 1.76. The van der Waals surface area contributed by atoms with Gasteiger partial charge in [0.1, 0.15) is 5.82 Å². The fourth-order valence-electron chi connectivity index (χ4n) is 2.25. The predicted molar refractivity (Wildman–Crippen MR) is 93.1 cm³/mol. The lowest BCUT2D eigenvalue weighted by molar-refractivity contribution is -0.135. The Morgan fingerprint density at radius 2 is 1.92 bits per heavy atom. The molecule has 1 heterocycles. The number of hydrogen-bond donors (Lipinski definition) is 1. The number of nitrogens with one attached hydrogen (secondary N) is 1. The van der Waals surface area contributed by atoms with E-state index in [0.29, 0.717) is 25.9 Å². The molecule has 0 aliphatic rings. The van der Waals surface area contributed by atoms with E-state index in [0.717, 1.165) is 11.1 Å². The van der Waals surface area contributed by atoms with Crippen molar-refractivity contribution in [2.45, 2.75) is 26.3 Å². The highest BCUT2D eigenvalue weighted by Crippen LogP contribution is 2.09. The van der Waals surface area contributed by atoms with E-state index in [2.05, 4.69) is 5.32 Å². The van der Waals surface area contributed by atoms with Gasteiger partial charge in [0.05, 0.1) is 6.54 Å². The van der Waals surface area contributed by atoms with E-state index in [-0.39, 0.29) is 24.2 Å². The van der Waals surface area contributed by atoms with Crippen LogP contribution in [-0.2, 0) is 22.6 Å². The topological polar surface area (TPSA) is 49.4 Å². The molecule has 1 N–H and O–H groups in total. The maximum absolute atomic E-state index is 12.8. The molecular formula is C18H21FN2O2S. The van der Waals surface area contributed by atoms with Crippen LogP contribution in [0.2, 0.25) is 0 Å². The van der Waals surface area contributed by atoms with Crippen LogP contribution in [0.25, 0.3) is 0 Å². The Labute approximate surface area is 145 Å². The number of hydrogen-bond acceptors (Lipinski definition) is 3. The molecule has 2 amide bonds. The van der Waals surface area contributed by atoms with Gasteiger partial charge in [-0.15, -0.1) is 0 Å². The quantitative estimate of drug-likeness (QED) is 0.797. The highest BCUT2D eigenvalue weighted by atomic mass is 32.1. The maximum atomic E-state index is 12.8. The number of aryl methyl sites for hydroxylation is 1. The van der Waals surface area contributed by atoms with Crippen LogP contribution in [0.1, 0.15) is 24.5 Å². The van der Waals surface area contributed by atoms with Gasteiger partial charge < -0.3 is 10.2 Å². The number of thiophene rings is 1. The van der Waals surface area contributed by atoms with Crippen molar-refractivity contribution in [3.63, 3.8) is 0 Å². The highest BCUT2D eigenvalue weighted by Gasteiger charge is 2.15. The molecule has 1 aromatic carbocycles. The van der Waals surface area contributed by atoms with Gasteiger partial charge in [0.2, 0.25) is 11.8 Å². The number of nitrogens with zero attached hydrogens (tertiary/aromatic N) is 1. The summed E-state index contributed by atoms with van der Waals surface area (Å²) in [5.41, 5.74) is 1.96. The monoisotopic (exact) mass is 348 g/mol. The summed E-state index contributed by atoms with van der Waals surface area (Å²) in [6, 6.07) is 7.96. The summed E-state index contributed by atoms with van der Waals surface area (Å²) in [6.07, 6.45) is 1.09. The van der Waals surface area contributed by atoms with Gasteiger partial charge in [-0.2, -0.15) is 11.3 Å². The molecule has 0 saturated heterocycles. The van der Waals surface area contributed by atoms with E-state index in [1.54, 1.807) is 28.4 Å². The molecule has 0 spiro atoms. The molecule has 0 radical (unpaired) electrons. The summed E-state index contributed by atoms with van der Waals surface area (Å²) in [6.45, 7) is 2.71. The summed E-state index contributed by atoms with van der Waals surface area (Å²) in [4.78, 5) is 25.8. The first-order chi connectivity index (χ1) is 11.6. The Hall–Kier alpha value is -2.21. The van der Waals surface area contributed by atoms with Crippen LogP contribution < -0.4 is 5.32 Å². The first kappa shape index (κ1) is 18.1. The summed E-state index contributed by atoms with van der Waals surface area (Å²) in [5.74, 6) is -0.552. The van der Waals surface area contributed by atoms with Crippen LogP contribution in [-0.4, -0.2) is 29.8 Å². The lowest BCUT2D eigenvalue weighted by Crippen LogP contribution is -2.40. The molecule has 2 aromatic rings. The number of likely N-dealkylation sites (N-methyl/N-ethyl adjacent to an activating group) is 1. The van der Waals surface area contributed by atoms with Crippen LogP contribution in [0, 0.1) is 5.82 Å². The SMILES string of the molecule is CCN(CC(=O)NCc1ccc(F)cc1)C(=O)CCc1ccsc1. The second kappa shape index (κ2) is 9.17. The summed E-state index contributed by atoms with van der Waals surface area (Å²) in [7, 11) is 0. The molecule has 0 saturated carbocycles. The zero-order valence-corrected chi connectivity index (χ0v) is 14.4. The number of amides is 2. The van der Waals surface area contributed by atoms with Crippen molar-refractivity contribution < 1.29 is 14.0 Å². The van der Waals surface area contributed by atoms with Gasteiger partial charge in [-0.1, -0.05) is 12.1 Å². The standard InChI is InChI=1S/C18H21FN2O2S/c1-2-21(18(23)8-5-15-9-10-24-13-15)12-17(22)20-11-14-3-6-16(19)7-4-14/h3-4,6-7,9-10,13H,2,5,8,11-12H2,1H3,(H,20,22). The number of halogens is 1. The molecule has 1 aromatic heterocycles. The van der Waals surface area contributed by atoms with Crippen molar-refractivity contribution in [1.29, 1.82) is 0 Å². The van der Waals surface area contributed by atoms with E-state index >= 15 is 0 Å². The summed E-state index contributed by atoms with van der Waals surface area (Å²) < 4.78 is 12.8. The normalized spacial score (nSPS) is 10.4. The Kier molecular flexibility index (Phi) is 6.93. The van der Waals surface area contributed by atoms with Crippen molar-refractivity contribution in [1.82, 2.24) is 10.2 Å². The average Bonchev–Trinajstić information content (AvgIpc) is 3.10. The number of benzene rings is 1. The van der Waals surface area contributed by atoms with E-state index < -0.39 is 0 Å². The van der Waals surface area contributed by atoms with E-state index in [4.69, 9.17) is 0 Å². The third-order valence-electron chi connectivity index (χ3n) is 3.68. The molecule has 0 fully saturated rings. The molecule has 0 atom stereocenters. The molecule has 0 unspecified atom stereocenters. The minimum absolute atomic E-state index is 0.0272. The lowest BCUT2D eigenvalue weighted by Gasteiger charge is -2.20. The van der Waals surface area contributed by atoms with Crippen molar-refractivity contribution in [2.24, 2.45) is 0 Å². The minimum Gasteiger partial charge on any atom is -0.350 e. The zero-order valence-electron chi connectivity index (χ0n) is 13.6. The highest BCUT2D eigenvalue weighted by molar-refractivity contribution is 7.07. The van der Waals surface area contributed by atoms with Crippen LogP contribution >= 0.6 is 11.3 Å². The minimum atomic E-state index is -0.307. The van der Waals surface area contributed by atoms with Crippen LogP contribution in [0.15, 0.2) is 41.1 Å². The van der Waals surface area contributed by atoms with Gasteiger partial charge in [0, 0.05) is 19.5 Å². The second-order valence-electron chi connectivity index (χ2n) is 5.44.